The van der Waals surface area contributed by atoms with Crippen LogP contribution in [0.15, 0.2) is 28.7 Å². The molecule has 7 heteroatoms. The first-order valence-electron chi connectivity index (χ1n) is 7.22. The number of benzene rings is 1. The standard InChI is InChI=1S/C16H15BrF2N2OS/c1-8-7-11(8)14(22)20-15-12(17)13(21-23-15)9-3-5-10(6-4-9)16(2,18)19/h3-6,8,11H,7H2,1-2H3,(H,20,22)/t8?,11-/m1/s1. The van der Waals surface area contributed by atoms with Gasteiger partial charge in [-0.15, -0.1) is 0 Å². The number of alkyl halides is 2. The van der Waals surface area contributed by atoms with Gasteiger partial charge in [0.1, 0.15) is 10.7 Å². The third-order valence-corrected chi connectivity index (χ3v) is 5.78. The Kier molecular flexibility index (Phi) is 4.27. The summed E-state index contributed by atoms with van der Waals surface area (Å²) in [4.78, 5) is 12.0. The Morgan fingerprint density at radius 2 is 2.00 bits per heavy atom. The lowest BCUT2D eigenvalue weighted by atomic mass is 10.1. The van der Waals surface area contributed by atoms with Gasteiger partial charge in [-0.2, -0.15) is 4.37 Å². The van der Waals surface area contributed by atoms with Crippen LogP contribution in [0.5, 0.6) is 0 Å². The summed E-state index contributed by atoms with van der Waals surface area (Å²) >= 11 is 4.62. The highest BCUT2D eigenvalue weighted by Crippen LogP contribution is 2.41. The maximum atomic E-state index is 13.3. The Hall–Kier alpha value is -1.34. The second-order valence-corrected chi connectivity index (χ2v) is 7.52. The van der Waals surface area contributed by atoms with Crippen LogP contribution >= 0.6 is 27.5 Å². The fourth-order valence-corrected chi connectivity index (χ4v) is 3.80. The van der Waals surface area contributed by atoms with E-state index < -0.39 is 5.92 Å². The van der Waals surface area contributed by atoms with Gasteiger partial charge in [0.15, 0.2) is 0 Å². The number of carbonyl (C=O) groups excluding carboxylic acids is 1. The molecule has 3 nitrogen and oxygen atoms in total. The van der Waals surface area contributed by atoms with Crippen molar-refractivity contribution in [1.82, 2.24) is 4.37 Å². The Labute approximate surface area is 145 Å². The molecule has 0 radical (unpaired) electrons. The molecule has 2 aromatic rings. The summed E-state index contributed by atoms with van der Waals surface area (Å²) in [5, 5.41) is 3.53. The van der Waals surface area contributed by atoms with Crippen LogP contribution in [0.2, 0.25) is 0 Å². The SMILES string of the molecule is CC1C[C@H]1C(=O)Nc1snc(-c2ccc(C(C)(F)F)cc2)c1Br. The first-order valence-corrected chi connectivity index (χ1v) is 8.78. The van der Waals surface area contributed by atoms with Crippen LogP contribution in [0.25, 0.3) is 11.3 Å². The zero-order valence-electron chi connectivity index (χ0n) is 12.6. The van der Waals surface area contributed by atoms with Crippen molar-refractivity contribution >= 4 is 38.4 Å². The van der Waals surface area contributed by atoms with E-state index in [4.69, 9.17) is 0 Å². The Morgan fingerprint density at radius 1 is 1.39 bits per heavy atom. The van der Waals surface area contributed by atoms with Crippen molar-refractivity contribution in [2.45, 2.75) is 26.2 Å². The molecule has 3 rings (SSSR count). The Balaban J connectivity index is 1.80. The van der Waals surface area contributed by atoms with Crippen LogP contribution in [0.3, 0.4) is 0 Å². The van der Waals surface area contributed by atoms with Crippen LogP contribution in [0.4, 0.5) is 13.8 Å². The minimum atomic E-state index is -2.86. The third kappa shape index (κ3) is 3.45. The number of hydrogen-bond acceptors (Lipinski definition) is 3. The van der Waals surface area contributed by atoms with Gasteiger partial charge in [0.25, 0.3) is 5.92 Å². The number of aromatic nitrogens is 1. The average molecular weight is 401 g/mol. The van der Waals surface area contributed by atoms with E-state index in [9.17, 15) is 13.6 Å². The summed E-state index contributed by atoms with van der Waals surface area (Å²) in [7, 11) is 0. The summed E-state index contributed by atoms with van der Waals surface area (Å²) in [5.41, 5.74) is 1.32. The van der Waals surface area contributed by atoms with Gasteiger partial charge in [-0.05, 0) is 39.8 Å². The van der Waals surface area contributed by atoms with Gasteiger partial charge in [0.2, 0.25) is 5.91 Å². The Bertz CT molecular complexity index is 740. The minimum Gasteiger partial charge on any atom is -0.315 e. The highest BCUT2D eigenvalue weighted by atomic mass is 79.9. The van der Waals surface area contributed by atoms with Gasteiger partial charge in [0, 0.05) is 24.0 Å². The summed E-state index contributed by atoms with van der Waals surface area (Å²) in [5.74, 6) is -2.34. The molecule has 1 aliphatic carbocycles. The molecule has 1 aliphatic rings. The van der Waals surface area contributed by atoms with E-state index in [1.54, 1.807) is 12.1 Å². The molecule has 1 N–H and O–H groups in total. The fourth-order valence-electron chi connectivity index (χ4n) is 2.35. The van der Waals surface area contributed by atoms with Crippen molar-refractivity contribution in [2.24, 2.45) is 11.8 Å². The predicted octanol–water partition coefficient (Wildman–Crippen LogP) is 5.28. The lowest BCUT2D eigenvalue weighted by Crippen LogP contribution is -2.13. The summed E-state index contributed by atoms with van der Waals surface area (Å²) in [6.45, 7) is 2.91. The van der Waals surface area contributed by atoms with Crippen LogP contribution in [-0.4, -0.2) is 10.3 Å². The molecule has 1 saturated carbocycles. The summed E-state index contributed by atoms with van der Waals surface area (Å²) < 4.78 is 31.5. The quantitative estimate of drug-likeness (QED) is 0.758. The van der Waals surface area contributed by atoms with E-state index in [1.807, 2.05) is 6.92 Å². The van der Waals surface area contributed by atoms with Gasteiger partial charge in [-0.3, -0.25) is 4.79 Å². The fraction of sp³-hybridized carbons (Fsp3) is 0.375. The smallest absolute Gasteiger partial charge is 0.270 e. The van der Waals surface area contributed by atoms with Gasteiger partial charge in [0.05, 0.1) is 4.47 Å². The maximum Gasteiger partial charge on any atom is 0.270 e. The topological polar surface area (TPSA) is 42.0 Å². The first kappa shape index (κ1) is 16.5. The molecule has 0 bridgehead atoms. The van der Waals surface area contributed by atoms with Crippen molar-refractivity contribution in [3.8, 4) is 11.3 Å². The van der Waals surface area contributed by atoms with E-state index in [2.05, 4.69) is 25.6 Å². The molecule has 1 heterocycles. The molecule has 1 unspecified atom stereocenters. The second kappa shape index (κ2) is 5.94. The molecule has 1 fully saturated rings. The van der Waals surface area contributed by atoms with Crippen molar-refractivity contribution < 1.29 is 13.6 Å². The second-order valence-electron chi connectivity index (χ2n) is 5.95. The van der Waals surface area contributed by atoms with E-state index >= 15 is 0 Å². The molecular weight excluding hydrogens is 386 g/mol. The molecule has 0 spiro atoms. The molecule has 1 amide bonds. The molecule has 1 aromatic heterocycles. The summed E-state index contributed by atoms with van der Waals surface area (Å²) in [6, 6.07) is 6.01. The van der Waals surface area contributed by atoms with E-state index in [1.165, 1.54) is 23.7 Å². The molecule has 2 atom stereocenters. The van der Waals surface area contributed by atoms with Gasteiger partial charge in [-0.1, -0.05) is 31.2 Å². The van der Waals surface area contributed by atoms with Crippen molar-refractivity contribution in [3.05, 3.63) is 34.3 Å². The van der Waals surface area contributed by atoms with Crippen LogP contribution < -0.4 is 5.32 Å². The van der Waals surface area contributed by atoms with Gasteiger partial charge >= 0.3 is 0 Å². The maximum absolute atomic E-state index is 13.3. The van der Waals surface area contributed by atoms with Crippen LogP contribution in [0, 0.1) is 11.8 Å². The molecule has 0 saturated heterocycles. The van der Waals surface area contributed by atoms with Gasteiger partial charge < -0.3 is 5.32 Å². The Morgan fingerprint density at radius 3 is 2.52 bits per heavy atom. The lowest BCUT2D eigenvalue weighted by molar-refractivity contribution is -0.117. The normalized spacial score (nSPS) is 20.4. The largest absolute Gasteiger partial charge is 0.315 e. The zero-order chi connectivity index (χ0) is 16.8. The number of rotatable bonds is 4. The highest BCUT2D eigenvalue weighted by molar-refractivity contribution is 9.10. The number of carbonyl (C=O) groups is 1. The minimum absolute atomic E-state index is 0.00868. The van der Waals surface area contributed by atoms with E-state index in [0.29, 0.717) is 21.1 Å². The molecule has 0 aliphatic heterocycles. The lowest BCUT2D eigenvalue weighted by Gasteiger charge is -2.10. The number of nitrogens with one attached hydrogen (secondary N) is 1. The molecule has 23 heavy (non-hydrogen) atoms. The van der Waals surface area contributed by atoms with Crippen molar-refractivity contribution in [3.63, 3.8) is 0 Å². The summed E-state index contributed by atoms with van der Waals surface area (Å²) in [6.07, 6.45) is 0.918. The van der Waals surface area contributed by atoms with Crippen LogP contribution in [-0.2, 0) is 10.7 Å². The molecule has 1 aromatic carbocycles. The van der Waals surface area contributed by atoms with Crippen molar-refractivity contribution in [2.75, 3.05) is 5.32 Å². The monoisotopic (exact) mass is 400 g/mol. The number of anilines is 1. The molecule has 122 valence electrons. The highest BCUT2D eigenvalue weighted by Gasteiger charge is 2.39. The number of halogens is 3. The number of amides is 1. The van der Waals surface area contributed by atoms with Crippen LogP contribution in [0.1, 0.15) is 25.8 Å². The van der Waals surface area contributed by atoms with E-state index in [0.717, 1.165) is 18.9 Å². The third-order valence-electron chi connectivity index (χ3n) is 3.98. The first-order chi connectivity index (χ1) is 10.8. The molecular formula is C16H15BrF2N2OS. The predicted molar refractivity (Wildman–Crippen MR) is 90.7 cm³/mol. The van der Waals surface area contributed by atoms with E-state index in [-0.39, 0.29) is 17.4 Å². The zero-order valence-corrected chi connectivity index (χ0v) is 15.0. The number of hydrogen-bond donors (Lipinski definition) is 1. The average Bonchev–Trinajstić information content (AvgIpc) is 3.12. The van der Waals surface area contributed by atoms with Gasteiger partial charge in [-0.25, -0.2) is 8.78 Å². The number of nitrogens with zero attached hydrogens (tertiary/aromatic N) is 1. The van der Waals surface area contributed by atoms with Crippen molar-refractivity contribution in [1.29, 1.82) is 0 Å².